The van der Waals surface area contributed by atoms with Gasteiger partial charge in [0.05, 0.1) is 16.8 Å². The Bertz CT molecular complexity index is 807. The highest BCUT2D eigenvalue weighted by Gasteiger charge is 2.57. The van der Waals surface area contributed by atoms with Gasteiger partial charge in [0.1, 0.15) is 0 Å². The monoisotopic (exact) mass is 363 g/mol. The van der Waals surface area contributed by atoms with Crippen LogP contribution in [0, 0.1) is 0 Å². The zero-order valence-corrected chi connectivity index (χ0v) is 15.2. The molecule has 1 fully saturated rings. The maximum atomic E-state index is 13.0. The molecule has 2 aromatic rings. The van der Waals surface area contributed by atoms with Crippen molar-refractivity contribution in [2.45, 2.75) is 35.3 Å². The van der Waals surface area contributed by atoms with Gasteiger partial charge in [0, 0.05) is 11.4 Å². The summed E-state index contributed by atoms with van der Waals surface area (Å²) < 4.78 is 39.1. The fourth-order valence-corrected chi connectivity index (χ4v) is 7.50. The summed E-state index contributed by atoms with van der Waals surface area (Å²) in [6.45, 7) is 2.50. The molecule has 0 unspecified atom stereocenters. The fraction of sp³-hybridized carbons (Fsp3) is 0.333. The molecule has 0 aliphatic carbocycles. The number of hydrogen-bond donors (Lipinski definition) is 0. The van der Waals surface area contributed by atoms with E-state index in [1.807, 2.05) is 43.3 Å². The third kappa shape index (κ3) is 3.06. The van der Waals surface area contributed by atoms with Crippen molar-refractivity contribution in [2.75, 3.05) is 6.54 Å². The first kappa shape index (κ1) is 17.3. The van der Waals surface area contributed by atoms with Crippen LogP contribution in [0.25, 0.3) is 0 Å². The summed E-state index contributed by atoms with van der Waals surface area (Å²) in [6.07, 6.45) is 1.72. The van der Waals surface area contributed by atoms with E-state index in [4.69, 9.17) is 0 Å². The molecule has 24 heavy (non-hydrogen) atoms. The Morgan fingerprint density at radius 2 is 1.58 bits per heavy atom. The van der Waals surface area contributed by atoms with E-state index in [2.05, 4.69) is 0 Å². The smallest absolute Gasteiger partial charge is 0.231 e. The van der Waals surface area contributed by atoms with Crippen molar-refractivity contribution in [3.05, 3.63) is 66.2 Å². The van der Waals surface area contributed by atoms with Crippen molar-refractivity contribution in [1.29, 1.82) is 0 Å². The Labute approximate surface area is 146 Å². The van der Waals surface area contributed by atoms with E-state index < -0.39 is 25.4 Å². The molecule has 0 radical (unpaired) electrons. The Hall–Kier alpha value is -1.50. The minimum Gasteiger partial charge on any atom is -0.253 e. The van der Waals surface area contributed by atoms with Crippen molar-refractivity contribution < 1.29 is 12.6 Å². The fourth-order valence-electron chi connectivity index (χ4n) is 3.00. The molecule has 0 N–H and O–H groups in total. The van der Waals surface area contributed by atoms with Crippen molar-refractivity contribution in [1.82, 2.24) is 4.31 Å². The van der Waals surface area contributed by atoms with Crippen LogP contribution >= 0.6 is 0 Å². The number of unbranched alkanes of at least 4 members (excludes halogenated alkanes) is 1. The molecular formula is C18H21NO3S2. The quantitative estimate of drug-likeness (QED) is 0.791. The van der Waals surface area contributed by atoms with Crippen LogP contribution in [0.4, 0.5) is 0 Å². The molecule has 2 aromatic carbocycles. The minimum atomic E-state index is -3.55. The molecule has 3 atom stereocenters. The van der Waals surface area contributed by atoms with Gasteiger partial charge in [-0.05, 0) is 24.1 Å². The summed E-state index contributed by atoms with van der Waals surface area (Å²) in [5.41, 5.74) is 0.901. The van der Waals surface area contributed by atoms with Gasteiger partial charge in [-0.2, -0.15) is 4.31 Å². The first-order valence-electron chi connectivity index (χ1n) is 8.08. The number of sulfonamides is 1. The van der Waals surface area contributed by atoms with Gasteiger partial charge in [-0.1, -0.05) is 61.9 Å². The molecule has 3 rings (SSSR count). The first-order chi connectivity index (χ1) is 11.6. The molecule has 128 valence electrons. The van der Waals surface area contributed by atoms with Crippen LogP contribution in [0.5, 0.6) is 0 Å². The normalized spacial score (nSPS) is 24.2. The zero-order valence-electron chi connectivity index (χ0n) is 13.5. The molecule has 0 spiro atoms. The number of rotatable bonds is 6. The molecular weight excluding hydrogens is 342 g/mol. The summed E-state index contributed by atoms with van der Waals surface area (Å²) in [4.78, 5) is 0.558. The average molecular weight is 364 g/mol. The predicted molar refractivity (Wildman–Crippen MR) is 96.4 cm³/mol. The van der Waals surface area contributed by atoms with Gasteiger partial charge in [0.25, 0.3) is 0 Å². The van der Waals surface area contributed by atoms with Gasteiger partial charge in [-0.3, -0.25) is 4.21 Å². The van der Waals surface area contributed by atoms with Crippen LogP contribution in [0.3, 0.4) is 0 Å². The SMILES string of the molecule is CCCCN1[C@H](c2ccccc2)[C@@H]([S@@](=O)c2ccccc2)S1(=O)=O. The topological polar surface area (TPSA) is 54.5 Å². The third-order valence-corrected chi connectivity index (χ3v) is 8.83. The Morgan fingerprint density at radius 1 is 1.00 bits per heavy atom. The summed E-state index contributed by atoms with van der Waals surface area (Å²) in [7, 11) is -5.14. The van der Waals surface area contributed by atoms with Crippen LogP contribution in [-0.4, -0.2) is 28.1 Å². The van der Waals surface area contributed by atoms with E-state index in [1.165, 1.54) is 4.31 Å². The van der Waals surface area contributed by atoms with Crippen LogP contribution in [0.2, 0.25) is 0 Å². The van der Waals surface area contributed by atoms with Gasteiger partial charge in [-0.25, -0.2) is 8.42 Å². The van der Waals surface area contributed by atoms with Crippen LogP contribution < -0.4 is 0 Å². The lowest BCUT2D eigenvalue weighted by molar-refractivity contribution is 0.276. The van der Waals surface area contributed by atoms with Crippen molar-refractivity contribution in [2.24, 2.45) is 0 Å². The van der Waals surface area contributed by atoms with E-state index in [-0.39, 0.29) is 6.04 Å². The highest BCUT2D eigenvalue weighted by molar-refractivity contribution is 8.06. The van der Waals surface area contributed by atoms with E-state index in [0.29, 0.717) is 11.4 Å². The van der Waals surface area contributed by atoms with Gasteiger partial charge >= 0.3 is 0 Å². The standard InChI is InChI=1S/C18H21NO3S2/c1-2-3-14-19-17(15-10-6-4-7-11-15)18(24(19,21)22)23(20)16-12-8-5-9-13-16/h4-13,17-18H,2-3,14H2,1H3/t17-,18+,23+/m1/s1. The van der Waals surface area contributed by atoms with E-state index in [1.54, 1.807) is 24.3 Å². The Kier molecular flexibility index (Phi) is 5.18. The summed E-state index contributed by atoms with van der Waals surface area (Å²) in [5.74, 6) is 0. The molecule has 0 aromatic heterocycles. The molecule has 4 nitrogen and oxygen atoms in total. The third-order valence-electron chi connectivity index (χ3n) is 4.25. The molecule has 0 saturated carbocycles. The number of benzene rings is 2. The lowest BCUT2D eigenvalue weighted by atomic mass is 10.1. The predicted octanol–water partition coefficient (Wildman–Crippen LogP) is 3.31. The van der Waals surface area contributed by atoms with Gasteiger partial charge in [-0.15, -0.1) is 0 Å². The highest BCUT2D eigenvalue weighted by Crippen LogP contribution is 2.45. The van der Waals surface area contributed by atoms with Gasteiger partial charge in [0.2, 0.25) is 10.0 Å². The second-order valence-corrected chi connectivity index (χ2v) is 9.72. The zero-order chi connectivity index (χ0) is 17.2. The Morgan fingerprint density at radius 3 is 2.17 bits per heavy atom. The van der Waals surface area contributed by atoms with Gasteiger partial charge in [0.15, 0.2) is 4.58 Å². The van der Waals surface area contributed by atoms with Crippen molar-refractivity contribution in [3.8, 4) is 0 Å². The second-order valence-electron chi connectivity index (χ2n) is 5.84. The van der Waals surface area contributed by atoms with Gasteiger partial charge < -0.3 is 0 Å². The van der Waals surface area contributed by atoms with Crippen molar-refractivity contribution >= 4 is 20.8 Å². The second kappa shape index (κ2) is 7.17. The number of hydrogen-bond acceptors (Lipinski definition) is 3. The van der Waals surface area contributed by atoms with Crippen LogP contribution in [0.1, 0.15) is 31.4 Å². The summed E-state index contributed by atoms with van der Waals surface area (Å²) in [5, 5.41) is 0. The molecule has 1 aliphatic rings. The molecule has 1 saturated heterocycles. The van der Waals surface area contributed by atoms with E-state index in [0.717, 1.165) is 18.4 Å². The van der Waals surface area contributed by atoms with E-state index >= 15 is 0 Å². The molecule has 0 bridgehead atoms. The van der Waals surface area contributed by atoms with Crippen LogP contribution in [0.15, 0.2) is 65.6 Å². The molecule has 6 heteroatoms. The highest BCUT2D eigenvalue weighted by atomic mass is 32.3. The summed E-state index contributed by atoms with van der Waals surface area (Å²) >= 11 is 0. The maximum Gasteiger partial charge on any atom is 0.231 e. The molecule has 0 amide bonds. The van der Waals surface area contributed by atoms with Crippen LogP contribution in [-0.2, 0) is 20.8 Å². The lowest BCUT2D eigenvalue weighted by Gasteiger charge is -2.46. The minimum absolute atomic E-state index is 0.358. The molecule has 1 heterocycles. The summed E-state index contributed by atoms with van der Waals surface area (Å²) in [6, 6.07) is 18.0. The average Bonchev–Trinajstić information content (AvgIpc) is 2.61. The largest absolute Gasteiger partial charge is 0.253 e. The first-order valence-corrected chi connectivity index (χ1v) is 10.8. The lowest BCUT2D eigenvalue weighted by Crippen LogP contribution is -2.59. The van der Waals surface area contributed by atoms with E-state index in [9.17, 15) is 12.6 Å². The number of nitrogens with zero attached hydrogens (tertiary/aromatic N) is 1. The molecule has 1 aliphatic heterocycles. The van der Waals surface area contributed by atoms with Crippen molar-refractivity contribution in [3.63, 3.8) is 0 Å². The maximum absolute atomic E-state index is 13.0. The Balaban J connectivity index is 1.98.